The second kappa shape index (κ2) is 13.5. The van der Waals surface area contributed by atoms with Crippen LogP contribution in [0.3, 0.4) is 0 Å². The highest BCUT2D eigenvalue weighted by Crippen LogP contribution is 2.33. The van der Waals surface area contributed by atoms with E-state index >= 15 is 0 Å². The van der Waals surface area contributed by atoms with Crippen LogP contribution < -0.4 is 16.1 Å². The lowest BCUT2D eigenvalue weighted by atomic mass is 9.92. The molecule has 5 rings (SSSR count). The number of benzene rings is 3. The molecule has 0 aromatic heterocycles. The molecular formula is C32H34ClN5O3. The third-order valence-electron chi connectivity index (χ3n) is 7.65. The van der Waals surface area contributed by atoms with Crippen LogP contribution in [0.2, 0.25) is 5.02 Å². The maximum atomic E-state index is 14.0. The smallest absolute Gasteiger partial charge is 0.271 e. The number of nitrogens with zero attached hydrogens (tertiary/aromatic N) is 2. The van der Waals surface area contributed by atoms with E-state index < -0.39 is 23.8 Å². The molecule has 1 saturated carbocycles. The molecule has 2 fully saturated rings. The van der Waals surface area contributed by atoms with Crippen molar-refractivity contribution in [1.82, 2.24) is 15.5 Å². The molecule has 0 radical (unpaired) electrons. The molecule has 9 heteroatoms. The lowest BCUT2D eigenvalue weighted by Crippen LogP contribution is -2.53. The van der Waals surface area contributed by atoms with Crippen LogP contribution in [0.15, 0.2) is 90.0 Å². The van der Waals surface area contributed by atoms with E-state index in [2.05, 4.69) is 21.2 Å². The molecule has 3 aromatic carbocycles. The summed E-state index contributed by atoms with van der Waals surface area (Å²) in [5, 5.41) is 11.0. The van der Waals surface area contributed by atoms with Crippen molar-refractivity contribution < 1.29 is 14.4 Å². The first-order chi connectivity index (χ1) is 20.0. The van der Waals surface area contributed by atoms with Crippen LogP contribution in [0.5, 0.6) is 0 Å². The van der Waals surface area contributed by atoms with Crippen LogP contribution in [0, 0.1) is 5.92 Å². The second-order valence-corrected chi connectivity index (χ2v) is 10.9. The fourth-order valence-electron chi connectivity index (χ4n) is 5.55. The van der Waals surface area contributed by atoms with Crippen LogP contribution in [0.1, 0.15) is 43.2 Å². The Kier molecular flexibility index (Phi) is 9.31. The van der Waals surface area contributed by atoms with E-state index in [1.165, 1.54) is 0 Å². The number of amides is 3. The van der Waals surface area contributed by atoms with E-state index in [0.29, 0.717) is 10.7 Å². The van der Waals surface area contributed by atoms with Gasteiger partial charge >= 0.3 is 0 Å². The third-order valence-corrected chi connectivity index (χ3v) is 7.90. The highest BCUT2D eigenvalue weighted by Gasteiger charge is 2.54. The zero-order chi connectivity index (χ0) is 28.6. The minimum absolute atomic E-state index is 0.0240. The summed E-state index contributed by atoms with van der Waals surface area (Å²) in [6, 6.07) is 24.8. The van der Waals surface area contributed by atoms with Gasteiger partial charge in [0.15, 0.2) is 0 Å². The molecule has 1 saturated heterocycles. The fourth-order valence-corrected chi connectivity index (χ4v) is 5.68. The van der Waals surface area contributed by atoms with Crippen molar-refractivity contribution in [1.29, 1.82) is 0 Å². The second-order valence-electron chi connectivity index (χ2n) is 10.4. The Morgan fingerprint density at radius 1 is 0.780 bits per heavy atom. The lowest BCUT2D eigenvalue weighted by Gasteiger charge is -2.35. The highest BCUT2D eigenvalue weighted by molar-refractivity contribution is 6.46. The molecule has 0 bridgehead atoms. The van der Waals surface area contributed by atoms with Crippen molar-refractivity contribution in [3.05, 3.63) is 101 Å². The van der Waals surface area contributed by atoms with Gasteiger partial charge in [-0.05, 0) is 48.2 Å². The van der Waals surface area contributed by atoms with E-state index in [0.717, 1.165) is 43.2 Å². The lowest BCUT2D eigenvalue weighted by molar-refractivity contribution is -0.139. The Morgan fingerprint density at radius 3 is 1.93 bits per heavy atom. The molecule has 3 N–H and O–H groups in total. The summed E-state index contributed by atoms with van der Waals surface area (Å²) in [7, 11) is 0. The van der Waals surface area contributed by atoms with Gasteiger partial charge in [-0.2, -0.15) is 5.10 Å². The van der Waals surface area contributed by atoms with Crippen LogP contribution >= 0.6 is 11.6 Å². The number of anilines is 1. The average Bonchev–Trinajstić information content (AvgIpc) is 3.31. The Morgan fingerprint density at radius 2 is 1.34 bits per heavy atom. The summed E-state index contributed by atoms with van der Waals surface area (Å²) in [6.45, 7) is 0.556. The molecule has 1 heterocycles. The van der Waals surface area contributed by atoms with Gasteiger partial charge in [-0.15, -0.1) is 0 Å². The zero-order valence-electron chi connectivity index (χ0n) is 22.8. The van der Waals surface area contributed by atoms with Crippen LogP contribution in [0.25, 0.3) is 0 Å². The number of hydrogen-bond acceptors (Lipinski definition) is 5. The first kappa shape index (κ1) is 28.4. The van der Waals surface area contributed by atoms with Crippen molar-refractivity contribution in [2.75, 3.05) is 5.43 Å². The summed E-state index contributed by atoms with van der Waals surface area (Å²) in [4.78, 5) is 43.4. The molecule has 0 spiro atoms. The van der Waals surface area contributed by atoms with Crippen LogP contribution in [-0.2, 0) is 27.5 Å². The molecule has 41 heavy (non-hydrogen) atoms. The van der Waals surface area contributed by atoms with Crippen molar-refractivity contribution in [3.63, 3.8) is 0 Å². The Labute approximate surface area is 245 Å². The maximum absolute atomic E-state index is 14.0. The van der Waals surface area contributed by atoms with Crippen LogP contribution in [-0.4, -0.2) is 40.4 Å². The summed E-state index contributed by atoms with van der Waals surface area (Å²) in [6.07, 6.45) is 4.58. The first-order valence-electron chi connectivity index (χ1n) is 14.1. The number of halogens is 1. The van der Waals surface area contributed by atoms with Gasteiger partial charge in [0.25, 0.3) is 5.91 Å². The summed E-state index contributed by atoms with van der Waals surface area (Å²) in [5.41, 5.74) is 5.39. The molecule has 212 valence electrons. The quantitative estimate of drug-likeness (QED) is 0.318. The Balaban J connectivity index is 1.47. The summed E-state index contributed by atoms with van der Waals surface area (Å²) in [5.74, 6) is -2.27. The summed E-state index contributed by atoms with van der Waals surface area (Å²) >= 11 is 6.02. The molecule has 3 aromatic rings. The van der Waals surface area contributed by atoms with E-state index in [-0.39, 0.29) is 30.8 Å². The molecule has 2 aliphatic rings. The van der Waals surface area contributed by atoms with Crippen LogP contribution in [0.4, 0.5) is 5.69 Å². The van der Waals surface area contributed by atoms with E-state index in [4.69, 9.17) is 11.6 Å². The number of hydrazone groups is 1. The normalized spacial score (nSPS) is 20.2. The Hall–Kier alpha value is -4.17. The molecule has 8 nitrogen and oxygen atoms in total. The molecule has 3 amide bonds. The van der Waals surface area contributed by atoms with Gasteiger partial charge in [-0.1, -0.05) is 91.5 Å². The van der Waals surface area contributed by atoms with Gasteiger partial charge in [0.2, 0.25) is 11.8 Å². The number of carbonyl (C=O) groups excluding carboxylic acids is 3. The largest absolute Gasteiger partial charge is 0.351 e. The predicted molar refractivity (Wildman–Crippen MR) is 160 cm³/mol. The highest BCUT2D eigenvalue weighted by atomic mass is 35.5. The monoisotopic (exact) mass is 571 g/mol. The molecule has 2 unspecified atom stereocenters. The maximum Gasteiger partial charge on any atom is 0.271 e. The zero-order valence-corrected chi connectivity index (χ0v) is 23.5. The van der Waals surface area contributed by atoms with Gasteiger partial charge in [0, 0.05) is 24.2 Å². The first-order valence-corrected chi connectivity index (χ1v) is 14.4. The Bertz CT molecular complexity index is 1380. The van der Waals surface area contributed by atoms with Gasteiger partial charge in [0.05, 0.1) is 5.69 Å². The van der Waals surface area contributed by atoms with Crippen molar-refractivity contribution >= 4 is 40.7 Å². The minimum atomic E-state index is -1.09. The SMILES string of the molecule is O=C(NCc1ccccc1)C1/C(=N/Nc2ccc(Cl)cc2)C(=O)N(C2CCCCC2)C1C(=O)NCc1ccccc1. The third kappa shape index (κ3) is 6.95. The standard InChI is InChI=1S/C32H34ClN5O3/c33-24-16-18-25(19-17-24)36-37-28-27(30(39)34-20-22-10-4-1-5-11-22)29(31(40)35-21-23-12-6-2-7-13-23)38(32(28)41)26-14-8-3-9-15-26/h1-2,4-7,10-13,16-19,26-27,29,36H,3,8-9,14-15,20-21H2,(H,34,39)(H,35,40)/b37-28-. The minimum Gasteiger partial charge on any atom is -0.351 e. The topological polar surface area (TPSA) is 103 Å². The van der Waals surface area contributed by atoms with Gasteiger partial charge in [-0.3, -0.25) is 19.8 Å². The molecule has 1 aliphatic heterocycles. The average molecular weight is 572 g/mol. The van der Waals surface area contributed by atoms with E-state index in [1.54, 1.807) is 29.2 Å². The molecular weight excluding hydrogens is 538 g/mol. The van der Waals surface area contributed by atoms with E-state index in [1.807, 2.05) is 60.7 Å². The predicted octanol–water partition coefficient (Wildman–Crippen LogP) is 4.90. The number of hydrogen-bond donors (Lipinski definition) is 3. The van der Waals surface area contributed by atoms with Crippen molar-refractivity contribution in [2.24, 2.45) is 11.0 Å². The van der Waals surface area contributed by atoms with Gasteiger partial charge in [-0.25, -0.2) is 0 Å². The number of likely N-dealkylation sites (tertiary alicyclic amines) is 1. The number of rotatable bonds is 9. The van der Waals surface area contributed by atoms with Crippen molar-refractivity contribution in [2.45, 2.75) is 57.3 Å². The van der Waals surface area contributed by atoms with Gasteiger partial charge < -0.3 is 15.5 Å². The van der Waals surface area contributed by atoms with Crippen molar-refractivity contribution in [3.8, 4) is 0 Å². The molecule has 1 aliphatic carbocycles. The number of nitrogens with one attached hydrogen (secondary N) is 3. The molecule has 2 atom stereocenters. The number of carbonyl (C=O) groups is 3. The van der Waals surface area contributed by atoms with E-state index in [9.17, 15) is 14.4 Å². The summed E-state index contributed by atoms with van der Waals surface area (Å²) < 4.78 is 0. The van der Waals surface area contributed by atoms with Gasteiger partial charge in [0.1, 0.15) is 17.7 Å². The fraction of sp³-hybridized carbons (Fsp3) is 0.312.